The van der Waals surface area contributed by atoms with Gasteiger partial charge in [0.05, 0.1) is 0 Å². The summed E-state index contributed by atoms with van der Waals surface area (Å²) in [5.74, 6) is 0. The van der Waals surface area contributed by atoms with Crippen LogP contribution < -0.4 is 71.4 Å². The van der Waals surface area contributed by atoms with Crippen LogP contribution in [0.4, 0.5) is 0 Å². The summed E-state index contributed by atoms with van der Waals surface area (Å²) in [4.78, 5) is 0. The molecule has 19 heavy (non-hydrogen) atoms. The molecule has 0 atom stereocenters. The second-order valence-corrected chi connectivity index (χ2v) is 4.20. The van der Waals surface area contributed by atoms with Crippen LogP contribution in [0.3, 0.4) is 0 Å². The minimum Gasteiger partial charge on any atom is -0.724 e. The molecule has 8 N–H and O–H groups in total. The fourth-order valence-corrected chi connectivity index (χ4v) is 0.612. The van der Waals surface area contributed by atoms with Crippen molar-refractivity contribution in [1.82, 2.24) is 12.3 Å². The largest absolute Gasteiger partial charge is 1.00 e. The van der Waals surface area contributed by atoms with Crippen molar-refractivity contribution in [3.63, 3.8) is 0 Å². The summed E-state index contributed by atoms with van der Waals surface area (Å²) in [6, 6.07) is 0. The van der Waals surface area contributed by atoms with E-state index in [9.17, 15) is 25.9 Å². The Labute approximate surface area is 153 Å². The average molecular weight is 370 g/mol. The monoisotopic (exact) mass is 370 g/mol. The van der Waals surface area contributed by atoms with E-state index in [0.29, 0.717) is 0 Å². The summed E-state index contributed by atoms with van der Waals surface area (Å²) >= 11 is 0. The Morgan fingerprint density at radius 1 is 0.684 bits per heavy atom. The van der Waals surface area contributed by atoms with Gasteiger partial charge in [0.15, 0.2) is 0 Å². The minimum absolute atomic E-state index is 0. The average Bonchev–Trinajstić information content (AvgIpc) is 1.76. The molecule has 0 saturated heterocycles. The molecule has 0 saturated carbocycles. The smallest absolute Gasteiger partial charge is 0.724 e. The first-order valence-corrected chi connectivity index (χ1v) is 6.26. The van der Waals surface area contributed by atoms with E-state index in [1.54, 1.807) is 0 Å². The van der Waals surface area contributed by atoms with Gasteiger partial charge in [-0.2, -0.15) is 8.42 Å². The number of hydrogen-bond acceptors (Lipinski definition) is 12. The first-order valence-electron chi connectivity index (χ1n) is 2.20. The van der Waals surface area contributed by atoms with E-state index >= 15 is 0 Å². The normalized spacial score (nSPS) is 10.1. The molecule has 0 aromatic rings. The second kappa shape index (κ2) is 14.5. The Balaban J connectivity index is -0.0000000418. The topological polar surface area (TPSA) is 277 Å². The molecule has 0 aromatic carbocycles. The van der Waals surface area contributed by atoms with Gasteiger partial charge < -0.3 is 21.4 Å². The predicted octanol–water partition coefficient (Wildman–Crippen LogP) is -8.47. The van der Waals surface area contributed by atoms with E-state index < -0.39 is 31.2 Å². The molecule has 14 nitrogen and oxygen atoms in total. The Kier molecular flexibility index (Phi) is 28.2. The molecule has 19 heteroatoms. The first-order chi connectivity index (χ1) is 6.21. The van der Waals surface area contributed by atoms with Crippen molar-refractivity contribution >= 4 is 31.2 Å². The second-order valence-electron chi connectivity index (χ2n) is 1.40. The van der Waals surface area contributed by atoms with Gasteiger partial charge in [-0.15, -0.1) is 8.67 Å². The van der Waals surface area contributed by atoms with Crippen LogP contribution in [0.1, 0.15) is 0 Å². The summed E-state index contributed by atoms with van der Waals surface area (Å²) in [6.45, 7) is 0. The third kappa shape index (κ3) is 82.5. The van der Waals surface area contributed by atoms with E-state index in [1.165, 1.54) is 0 Å². The Hall–Kier alpha value is 1.53. The van der Waals surface area contributed by atoms with E-state index in [1.807, 2.05) is 0 Å². The molecule has 0 amide bonds. The Morgan fingerprint density at radius 2 is 0.789 bits per heavy atom. The molecular formula is H8N2Na2O12S3. The molecule has 0 fully saturated rings. The fraction of sp³-hybridized carbons (Fsp3) is 0. The first kappa shape index (κ1) is 37.1. The zero-order chi connectivity index (χ0) is 12.9. The van der Waals surface area contributed by atoms with Crippen LogP contribution in [0.15, 0.2) is 0 Å². The minimum atomic E-state index is -5.31. The summed E-state index contributed by atoms with van der Waals surface area (Å²) < 4.78 is 93.0. The molecule has 0 bridgehead atoms. The molecule has 0 aromatic heterocycles. The van der Waals surface area contributed by atoms with Crippen LogP contribution in [0.25, 0.3) is 0 Å². The maximum Gasteiger partial charge on any atom is 1.00 e. The van der Waals surface area contributed by atoms with Crippen molar-refractivity contribution in [3.8, 4) is 0 Å². The van der Waals surface area contributed by atoms with Gasteiger partial charge in [-0.1, -0.05) is 0 Å². The standard InChI is InChI=1S/2H3N.2Na.H2O8S2.H2O4S/c;;;;1-9(2,3)7-8-10(4,5)6;1-5(2,3)4/h2*1H3;;;(H,1,2,3)(H,4,5,6);(H2,1,2,3,4)/q;;2*+1;;/p-2. The molecule has 110 valence electrons. The Bertz CT molecular complexity index is 433. The maximum atomic E-state index is 9.37. The van der Waals surface area contributed by atoms with Gasteiger partial charge in [0.2, 0.25) is 20.8 Å². The van der Waals surface area contributed by atoms with Crippen LogP contribution >= 0.6 is 0 Å². The van der Waals surface area contributed by atoms with Crippen molar-refractivity contribution < 1.29 is 111 Å². The molecule has 0 spiro atoms. The van der Waals surface area contributed by atoms with Gasteiger partial charge in [0.1, 0.15) is 0 Å². The van der Waals surface area contributed by atoms with Crippen molar-refractivity contribution in [2.75, 3.05) is 0 Å². The van der Waals surface area contributed by atoms with Gasteiger partial charge in [0, 0.05) is 0 Å². The summed E-state index contributed by atoms with van der Waals surface area (Å²) in [7, 11) is -15.3. The van der Waals surface area contributed by atoms with E-state index in [4.69, 9.17) is 17.5 Å². The van der Waals surface area contributed by atoms with Crippen molar-refractivity contribution in [2.45, 2.75) is 0 Å². The number of hydrogen-bond donors (Lipinski definition) is 4. The zero-order valence-corrected chi connectivity index (χ0v) is 16.1. The quantitative estimate of drug-likeness (QED) is 0.118. The summed E-state index contributed by atoms with van der Waals surface area (Å²) in [5.41, 5.74) is 0. The van der Waals surface area contributed by atoms with Crippen LogP contribution in [0, 0.1) is 0 Å². The molecule has 0 aliphatic heterocycles. The van der Waals surface area contributed by atoms with E-state index in [0.717, 1.165) is 0 Å². The Morgan fingerprint density at radius 3 is 0.842 bits per heavy atom. The molecule has 0 aliphatic rings. The number of rotatable bonds is 3. The maximum absolute atomic E-state index is 9.37. The zero-order valence-electron chi connectivity index (χ0n) is 9.62. The van der Waals surface area contributed by atoms with Crippen LogP contribution in [-0.4, -0.2) is 43.5 Å². The fourth-order valence-electron chi connectivity index (χ4n) is 0.0680. The predicted molar refractivity (Wildman–Crippen MR) is 45.8 cm³/mol. The van der Waals surface area contributed by atoms with Gasteiger partial charge in [-0.25, -0.2) is 16.8 Å². The van der Waals surface area contributed by atoms with Gasteiger partial charge in [-0.05, 0) is 0 Å². The summed E-state index contributed by atoms with van der Waals surface area (Å²) in [6.07, 6.45) is 0. The van der Waals surface area contributed by atoms with Crippen LogP contribution in [-0.2, 0) is 39.9 Å². The van der Waals surface area contributed by atoms with Crippen molar-refractivity contribution in [3.05, 3.63) is 0 Å². The van der Waals surface area contributed by atoms with Crippen molar-refractivity contribution in [2.24, 2.45) is 0 Å². The molecular weight excluding hydrogens is 362 g/mol. The SMILES string of the molecule is N.N.O=S(=O)(O)O.O=S(=O)([O-])OOS(=O)(=O)[O-].[Na+].[Na+]. The van der Waals surface area contributed by atoms with Crippen LogP contribution in [0.5, 0.6) is 0 Å². The third-order valence-corrected chi connectivity index (χ3v) is 0.750. The molecule has 0 radical (unpaired) electrons. The van der Waals surface area contributed by atoms with E-state index in [-0.39, 0.29) is 71.4 Å². The molecule has 0 rings (SSSR count). The van der Waals surface area contributed by atoms with Gasteiger partial charge >= 0.3 is 69.5 Å². The molecule has 0 aliphatic carbocycles. The summed E-state index contributed by atoms with van der Waals surface area (Å²) in [5, 5.41) is 0. The van der Waals surface area contributed by atoms with Crippen LogP contribution in [0.2, 0.25) is 0 Å². The van der Waals surface area contributed by atoms with E-state index in [2.05, 4.69) is 8.67 Å². The van der Waals surface area contributed by atoms with Gasteiger partial charge in [0.25, 0.3) is 0 Å². The molecule has 0 unspecified atom stereocenters. The van der Waals surface area contributed by atoms with Gasteiger partial charge in [-0.3, -0.25) is 9.11 Å². The third-order valence-electron chi connectivity index (χ3n) is 0.194. The molecule has 0 heterocycles. The van der Waals surface area contributed by atoms with Crippen molar-refractivity contribution in [1.29, 1.82) is 0 Å².